The zero-order valence-corrected chi connectivity index (χ0v) is 19.1. The molecule has 0 spiro atoms. The number of aliphatic hydroxyl groups excluding tert-OH is 4. The van der Waals surface area contributed by atoms with Gasteiger partial charge in [-0.05, 0) is 42.3 Å². The average Bonchev–Trinajstić information content (AvgIpc) is 2.86. The van der Waals surface area contributed by atoms with Crippen LogP contribution in [0, 0.1) is 18.8 Å². The highest BCUT2D eigenvalue weighted by atomic mass is 16.5. The standard InChI is InChI=1S/C25H28N2O7/c1-13-15(5-4-6-18(13)23-22(31)21(30)20(29)19(12-28)34-23)8-7-14-9-16(24(32)26-2)11-17(10-14)25(33)27-3/h4-6,9-11,19-23,28-31H,12H2,1-3H3,(H,26,32)(H,27,33)/t19-,20-,21+,22+,23-/m1/s1. The number of ether oxygens (including phenoxy) is 1. The quantitative estimate of drug-likeness (QED) is 0.335. The first-order valence-electron chi connectivity index (χ1n) is 10.7. The largest absolute Gasteiger partial charge is 0.394 e. The Bertz CT molecular complexity index is 1100. The highest BCUT2D eigenvalue weighted by Gasteiger charge is 2.44. The van der Waals surface area contributed by atoms with Crippen LogP contribution in [-0.2, 0) is 4.74 Å². The minimum atomic E-state index is -1.49. The number of rotatable bonds is 4. The Hall–Kier alpha value is -3.26. The molecule has 2 aromatic carbocycles. The van der Waals surface area contributed by atoms with E-state index in [9.17, 15) is 30.0 Å². The molecule has 0 radical (unpaired) electrons. The highest BCUT2D eigenvalue weighted by molar-refractivity contribution is 6.00. The van der Waals surface area contributed by atoms with Gasteiger partial charge in [-0.2, -0.15) is 0 Å². The number of hydrogen-bond acceptors (Lipinski definition) is 7. The van der Waals surface area contributed by atoms with Crippen LogP contribution >= 0.6 is 0 Å². The number of aliphatic hydroxyl groups is 4. The molecule has 2 aromatic rings. The van der Waals surface area contributed by atoms with E-state index in [0.29, 0.717) is 33.4 Å². The maximum atomic E-state index is 12.1. The Morgan fingerprint density at radius 2 is 1.56 bits per heavy atom. The third-order valence-corrected chi connectivity index (χ3v) is 5.83. The van der Waals surface area contributed by atoms with Crippen LogP contribution in [0.4, 0.5) is 0 Å². The lowest BCUT2D eigenvalue weighted by Crippen LogP contribution is -2.55. The number of benzene rings is 2. The molecule has 9 nitrogen and oxygen atoms in total. The predicted molar refractivity (Wildman–Crippen MR) is 123 cm³/mol. The molecule has 0 aliphatic carbocycles. The summed E-state index contributed by atoms with van der Waals surface area (Å²) in [5, 5.41) is 45.2. The van der Waals surface area contributed by atoms with E-state index in [1.54, 1.807) is 37.3 Å². The molecule has 0 saturated carbocycles. The second-order valence-corrected chi connectivity index (χ2v) is 7.98. The van der Waals surface area contributed by atoms with Crippen molar-refractivity contribution in [3.63, 3.8) is 0 Å². The zero-order chi connectivity index (χ0) is 25.0. The van der Waals surface area contributed by atoms with Gasteiger partial charge in [-0.25, -0.2) is 0 Å². The van der Waals surface area contributed by atoms with E-state index in [0.717, 1.165) is 0 Å². The van der Waals surface area contributed by atoms with E-state index in [2.05, 4.69) is 22.5 Å². The molecule has 6 N–H and O–H groups in total. The molecule has 1 heterocycles. The van der Waals surface area contributed by atoms with Crippen LogP contribution in [0.15, 0.2) is 36.4 Å². The van der Waals surface area contributed by atoms with Crippen LogP contribution in [-0.4, -0.2) is 77.4 Å². The molecule has 34 heavy (non-hydrogen) atoms. The van der Waals surface area contributed by atoms with Gasteiger partial charge in [0.1, 0.15) is 30.5 Å². The maximum Gasteiger partial charge on any atom is 0.251 e. The fraction of sp³-hybridized carbons (Fsp3) is 0.360. The van der Waals surface area contributed by atoms with Gasteiger partial charge in [0, 0.05) is 36.3 Å². The second-order valence-electron chi connectivity index (χ2n) is 7.98. The molecule has 1 saturated heterocycles. The van der Waals surface area contributed by atoms with Gasteiger partial charge < -0.3 is 35.8 Å². The Labute approximate surface area is 197 Å². The van der Waals surface area contributed by atoms with Crippen molar-refractivity contribution in [2.75, 3.05) is 20.7 Å². The summed E-state index contributed by atoms with van der Waals surface area (Å²) in [4.78, 5) is 24.2. The third kappa shape index (κ3) is 5.12. The van der Waals surface area contributed by atoms with Crippen LogP contribution in [0.5, 0.6) is 0 Å². The van der Waals surface area contributed by atoms with Gasteiger partial charge >= 0.3 is 0 Å². The van der Waals surface area contributed by atoms with Crippen molar-refractivity contribution in [3.05, 3.63) is 69.8 Å². The van der Waals surface area contributed by atoms with Crippen molar-refractivity contribution in [2.24, 2.45) is 0 Å². The van der Waals surface area contributed by atoms with Crippen LogP contribution in [0.3, 0.4) is 0 Å². The lowest BCUT2D eigenvalue weighted by molar-refractivity contribution is -0.231. The van der Waals surface area contributed by atoms with Crippen molar-refractivity contribution in [2.45, 2.75) is 37.4 Å². The molecule has 180 valence electrons. The van der Waals surface area contributed by atoms with Gasteiger partial charge in [-0.15, -0.1) is 0 Å². The average molecular weight is 469 g/mol. The lowest BCUT2D eigenvalue weighted by Gasteiger charge is -2.40. The molecule has 1 aliphatic heterocycles. The Morgan fingerprint density at radius 1 is 0.941 bits per heavy atom. The Balaban J connectivity index is 1.99. The molecule has 0 unspecified atom stereocenters. The van der Waals surface area contributed by atoms with Crippen molar-refractivity contribution >= 4 is 11.8 Å². The van der Waals surface area contributed by atoms with E-state index in [4.69, 9.17) is 4.74 Å². The van der Waals surface area contributed by atoms with E-state index < -0.39 is 37.1 Å². The first-order chi connectivity index (χ1) is 16.2. The molecule has 3 rings (SSSR count). The summed E-state index contributed by atoms with van der Waals surface area (Å²) in [6.07, 6.45) is -6.33. The second kappa shape index (κ2) is 10.8. The van der Waals surface area contributed by atoms with Crippen LogP contribution < -0.4 is 10.6 Å². The van der Waals surface area contributed by atoms with Crippen LogP contribution in [0.1, 0.15) is 49.1 Å². The number of carbonyl (C=O) groups is 2. The number of amides is 2. The molecular formula is C25H28N2O7. The van der Waals surface area contributed by atoms with Gasteiger partial charge in [-0.3, -0.25) is 9.59 Å². The maximum absolute atomic E-state index is 12.1. The molecule has 1 fully saturated rings. The fourth-order valence-electron chi connectivity index (χ4n) is 3.85. The summed E-state index contributed by atoms with van der Waals surface area (Å²) in [5.41, 5.74) is 2.86. The SMILES string of the molecule is CNC(=O)c1cc(C#Cc2cccc([C@H]3O[C@H](CO)[C@@H](O)[C@H](O)[C@@H]3O)c2C)cc(C(=O)NC)c1. The molecule has 0 bridgehead atoms. The minimum absolute atomic E-state index is 0.291. The lowest BCUT2D eigenvalue weighted by atomic mass is 9.88. The molecule has 5 atom stereocenters. The molecular weight excluding hydrogens is 440 g/mol. The predicted octanol–water partition coefficient (Wildman–Crippen LogP) is -0.371. The van der Waals surface area contributed by atoms with Gasteiger partial charge in [0.15, 0.2) is 0 Å². The number of carbonyl (C=O) groups excluding carboxylic acids is 2. The van der Waals surface area contributed by atoms with Gasteiger partial charge in [0.2, 0.25) is 0 Å². The van der Waals surface area contributed by atoms with Crippen LogP contribution in [0.25, 0.3) is 0 Å². The fourth-order valence-corrected chi connectivity index (χ4v) is 3.85. The normalized spacial score (nSPS) is 24.0. The molecule has 1 aliphatic rings. The summed E-state index contributed by atoms with van der Waals surface area (Å²) in [6, 6.07) is 9.82. The van der Waals surface area contributed by atoms with Crippen molar-refractivity contribution in [3.8, 4) is 11.8 Å². The number of hydrogen-bond donors (Lipinski definition) is 6. The summed E-state index contributed by atoms with van der Waals surface area (Å²) in [5.74, 6) is 5.30. The topological polar surface area (TPSA) is 148 Å². The third-order valence-electron chi connectivity index (χ3n) is 5.83. The Kier molecular flexibility index (Phi) is 8.04. The van der Waals surface area contributed by atoms with Gasteiger partial charge in [-0.1, -0.05) is 24.0 Å². The first-order valence-corrected chi connectivity index (χ1v) is 10.7. The summed E-state index contributed by atoms with van der Waals surface area (Å²) in [6.45, 7) is 1.26. The van der Waals surface area contributed by atoms with E-state index in [-0.39, 0.29) is 11.8 Å². The van der Waals surface area contributed by atoms with Gasteiger partial charge in [0.05, 0.1) is 6.61 Å². The smallest absolute Gasteiger partial charge is 0.251 e. The van der Waals surface area contributed by atoms with Crippen molar-refractivity contribution in [1.29, 1.82) is 0 Å². The monoisotopic (exact) mass is 468 g/mol. The van der Waals surface area contributed by atoms with E-state index in [1.807, 2.05) is 0 Å². The highest BCUT2D eigenvalue weighted by Crippen LogP contribution is 2.34. The van der Waals surface area contributed by atoms with E-state index in [1.165, 1.54) is 20.2 Å². The summed E-state index contributed by atoms with van der Waals surface area (Å²) >= 11 is 0. The molecule has 9 heteroatoms. The van der Waals surface area contributed by atoms with Crippen molar-refractivity contribution < 1.29 is 34.8 Å². The van der Waals surface area contributed by atoms with Crippen molar-refractivity contribution in [1.82, 2.24) is 10.6 Å². The molecule has 2 amide bonds. The molecule has 0 aromatic heterocycles. The summed E-state index contributed by atoms with van der Waals surface area (Å²) in [7, 11) is 2.99. The van der Waals surface area contributed by atoms with Crippen LogP contribution in [0.2, 0.25) is 0 Å². The number of nitrogens with one attached hydrogen (secondary N) is 2. The Morgan fingerprint density at radius 3 is 2.12 bits per heavy atom. The minimum Gasteiger partial charge on any atom is -0.394 e. The summed E-state index contributed by atoms with van der Waals surface area (Å²) < 4.78 is 5.68. The van der Waals surface area contributed by atoms with Gasteiger partial charge in [0.25, 0.3) is 11.8 Å². The van der Waals surface area contributed by atoms with E-state index >= 15 is 0 Å². The first kappa shape index (κ1) is 25.4. The zero-order valence-electron chi connectivity index (χ0n) is 19.1.